The zero-order valence-electron chi connectivity index (χ0n) is 18.2. The number of nitrogens with zero attached hydrogens (tertiary/aromatic N) is 1. The van der Waals surface area contributed by atoms with Crippen LogP contribution in [0.2, 0.25) is 0 Å². The molecule has 4 heteroatoms. The van der Waals surface area contributed by atoms with Crippen molar-refractivity contribution in [1.29, 1.82) is 0 Å². The van der Waals surface area contributed by atoms with Crippen LogP contribution in [0.4, 0.5) is 13.2 Å². The van der Waals surface area contributed by atoms with Crippen molar-refractivity contribution in [2.45, 2.75) is 52.6 Å². The van der Waals surface area contributed by atoms with Crippen molar-refractivity contribution < 1.29 is 13.2 Å². The number of rotatable bonds is 7. The SMILES string of the molecule is CCc1cc(CCN2CC=C(c3cccc(C(F)(F)F)c3)CC2)ccc1CC(C)C. The van der Waals surface area contributed by atoms with E-state index in [1.807, 2.05) is 0 Å². The second kappa shape index (κ2) is 9.82. The van der Waals surface area contributed by atoms with E-state index >= 15 is 0 Å². The molecule has 0 aliphatic carbocycles. The Kier molecular flexibility index (Phi) is 7.41. The van der Waals surface area contributed by atoms with Crippen LogP contribution >= 0.6 is 0 Å². The van der Waals surface area contributed by atoms with Gasteiger partial charge in [-0.05, 0) is 71.6 Å². The highest BCUT2D eigenvalue weighted by Crippen LogP contribution is 2.32. The van der Waals surface area contributed by atoms with E-state index in [9.17, 15) is 13.2 Å². The molecule has 0 unspecified atom stereocenters. The first-order chi connectivity index (χ1) is 14.3. The molecule has 3 rings (SSSR count). The van der Waals surface area contributed by atoms with Gasteiger partial charge in [-0.1, -0.05) is 57.2 Å². The van der Waals surface area contributed by atoms with Crippen LogP contribution in [0.3, 0.4) is 0 Å². The molecule has 1 aliphatic heterocycles. The maximum Gasteiger partial charge on any atom is 0.416 e. The first-order valence-corrected chi connectivity index (χ1v) is 11.0. The lowest BCUT2D eigenvalue weighted by molar-refractivity contribution is -0.137. The van der Waals surface area contributed by atoms with Gasteiger partial charge in [-0.3, -0.25) is 4.90 Å². The highest BCUT2D eigenvalue weighted by Gasteiger charge is 2.30. The molecular formula is C26H32F3N. The molecule has 162 valence electrons. The standard InChI is InChI=1S/C26H32F3N/c1-4-21-17-20(8-9-24(21)16-19(2)3)10-13-30-14-11-22(12-15-30)23-6-5-7-25(18-23)26(27,28)29/h5-9,11,17-19H,4,10,12-16H2,1-3H3. The zero-order chi connectivity index (χ0) is 21.7. The molecule has 0 spiro atoms. The summed E-state index contributed by atoms with van der Waals surface area (Å²) in [5.74, 6) is 0.660. The maximum absolute atomic E-state index is 13.0. The van der Waals surface area contributed by atoms with Gasteiger partial charge in [0.05, 0.1) is 5.56 Å². The Balaban J connectivity index is 1.59. The minimum Gasteiger partial charge on any atom is -0.299 e. The van der Waals surface area contributed by atoms with Gasteiger partial charge in [0.25, 0.3) is 0 Å². The lowest BCUT2D eigenvalue weighted by atomic mass is 9.94. The fraction of sp³-hybridized carbons (Fsp3) is 0.462. The van der Waals surface area contributed by atoms with Crippen LogP contribution in [-0.4, -0.2) is 24.5 Å². The third-order valence-corrected chi connectivity index (χ3v) is 5.85. The molecule has 1 aliphatic rings. The molecule has 2 aromatic carbocycles. The lowest BCUT2D eigenvalue weighted by Crippen LogP contribution is -2.30. The van der Waals surface area contributed by atoms with Gasteiger partial charge in [0.2, 0.25) is 0 Å². The third-order valence-electron chi connectivity index (χ3n) is 5.85. The average Bonchev–Trinajstić information content (AvgIpc) is 2.72. The average molecular weight is 416 g/mol. The van der Waals surface area contributed by atoms with Crippen molar-refractivity contribution in [3.05, 3.63) is 76.4 Å². The summed E-state index contributed by atoms with van der Waals surface area (Å²) < 4.78 is 38.9. The summed E-state index contributed by atoms with van der Waals surface area (Å²) in [6.07, 6.45) is 1.76. The Labute approximate surface area is 178 Å². The summed E-state index contributed by atoms with van der Waals surface area (Å²) in [5, 5.41) is 0. The van der Waals surface area contributed by atoms with Crippen molar-refractivity contribution in [1.82, 2.24) is 4.90 Å². The summed E-state index contributed by atoms with van der Waals surface area (Å²) in [7, 11) is 0. The van der Waals surface area contributed by atoms with Gasteiger partial charge in [0.1, 0.15) is 0 Å². The van der Waals surface area contributed by atoms with Gasteiger partial charge in [0, 0.05) is 19.6 Å². The molecule has 0 radical (unpaired) electrons. The van der Waals surface area contributed by atoms with E-state index in [4.69, 9.17) is 0 Å². The van der Waals surface area contributed by atoms with Crippen LogP contribution in [0, 0.1) is 5.92 Å². The summed E-state index contributed by atoms with van der Waals surface area (Å²) in [6.45, 7) is 9.37. The molecule has 1 heterocycles. The minimum atomic E-state index is -4.29. The van der Waals surface area contributed by atoms with Crippen LogP contribution in [0.15, 0.2) is 48.5 Å². The number of hydrogen-bond acceptors (Lipinski definition) is 1. The molecular weight excluding hydrogens is 383 g/mol. The minimum absolute atomic E-state index is 0.573. The summed E-state index contributed by atoms with van der Waals surface area (Å²) in [6, 6.07) is 12.6. The highest BCUT2D eigenvalue weighted by molar-refractivity contribution is 5.67. The van der Waals surface area contributed by atoms with E-state index < -0.39 is 11.7 Å². The molecule has 0 bridgehead atoms. The Bertz CT molecular complexity index is 880. The summed E-state index contributed by atoms with van der Waals surface area (Å²) >= 11 is 0. The highest BCUT2D eigenvalue weighted by atomic mass is 19.4. The van der Waals surface area contributed by atoms with Gasteiger partial charge in [-0.15, -0.1) is 0 Å². The number of hydrogen-bond donors (Lipinski definition) is 0. The van der Waals surface area contributed by atoms with Crippen molar-refractivity contribution in [3.63, 3.8) is 0 Å². The predicted octanol–water partition coefficient (Wildman–Crippen LogP) is 6.80. The van der Waals surface area contributed by atoms with Gasteiger partial charge >= 0.3 is 6.18 Å². The lowest BCUT2D eigenvalue weighted by Gasteiger charge is -2.27. The topological polar surface area (TPSA) is 3.24 Å². The van der Waals surface area contributed by atoms with Crippen molar-refractivity contribution in [3.8, 4) is 0 Å². The number of aryl methyl sites for hydroxylation is 1. The fourth-order valence-electron chi connectivity index (χ4n) is 4.16. The van der Waals surface area contributed by atoms with Crippen LogP contribution in [-0.2, 0) is 25.4 Å². The summed E-state index contributed by atoms with van der Waals surface area (Å²) in [4.78, 5) is 2.38. The molecule has 0 saturated carbocycles. The van der Waals surface area contributed by atoms with E-state index in [2.05, 4.69) is 49.9 Å². The fourth-order valence-corrected chi connectivity index (χ4v) is 4.16. The predicted molar refractivity (Wildman–Crippen MR) is 119 cm³/mol. The molecule has 2 aromatic rings. The van der Waals surface area contributed by atoms with Crippen LogP contribution in [0.1, 0.15) is 55.0 Å². The first kappa shape index (κ1) is 22.6. The third kappa shape index (κ3) is 5.98. The van der Waals surface area contributed by atoms with E-state index in [-0.39, 0.29) is 0 Å². The van der Waals surface area contributed by atoms with Gasteiger partial charge in [-0.2, -0.15) is 13.2 Å². The number of alkyl halides is 3. The van der Waals surface area contributed by atoms with Crippen molar-refractivity contribution in [2.24, 2.45) is 5.92 Å². The second-order valence-corrected chi connectivity index (χ2v) is 8.66. The summed E-state index contributed by atoms with van der Waals surface area (Å²) in [5.41, 5.74) is 5.42. The molecule has 0 aromatic heterocycles. The zero-order valence-corrected chi connectivity index (χ0v) is 18.2. The largest absolute Gasteiger partial charge is 0.416 e. The first-order valence-electron chi connectivity index (χ1n) is 11.0. The van der Waals surface area contributed by atoms with E-state index in [0.717, 1.165) is 57.0 Å². The maximum atomic E-state index is 13.0. The van der Waals surface area contributed by atoms with E-state index in [1.165, 1.54) is 28.8 Å². The molecule has 0 saturated heterocycles. The van der Waals surface area contributed by atoms with Crippen molar-refractivity contribution >= 4 is 5.57 Å². The Morgan fingerprint density at radius 3 is 2.47 bits per heavy atom. The van der Waals surface area contributed by atoms with Gasteiger partial charge in [-0.25, -0.2) is 0 Å². The molecule has 0 amide bonds. The number of halogens is 3. The van der Waals surface area contributed by atoms with Crippen LogP contribution in [0.25, 0.3) is 5.57 Å². The monoisotopic (exact) mass is 415 g/mol. The normalized spacial score (nSPS) is 15.5. The Morgan fingerprint density at radius 1 is 1.03 bits per heavy atom. The van der Waals surface area contributed by atoms with Crippen molar-refractivity contribution in [2.75, 3.05) is 19.6 Å². The van der Waals surface area contributed by atoms with E-state index in [0.29, 0.717) is 11.5 Å². The Hall–Kier alpha value is -2.07. The van der Waals surface area contributed by atoms with Gasteiger partial charge in [0.15, 0.2) is 0 Å². The second-order valence-electron chi connectivity index (χ2n) is 8.66. The molecule has 0 N–H and O–H groups in total. The molecule has 1 nitrogen and oxygen atoms in total. The van der Waals surface area contributed by atoms with Crippen LogP contribution < -0.4 is 0 Å². The molecule has 30 heavy (non-hydrogen) atoms. The number of benzene rings is 2. The van der Waals surface area contributed by atoms with E-state index in [1.54, 1.807) is 6.07 Å². The molecule has 0 fully saturated rings. The quantitative estimate of drug-likeness (QED) is 0.481. The Morgan fingerprint density at radius 2 is 1.83 bits per heavy atom. The smallest absolute Gasteiger partial charge is 0.299 e. The van der Waals surface area contributed by atoms with Crippen LogP contribution in [0.5, 0.6) is 0 Å². The molecule has 0 atom stereocenters. The van der Waals surface area contributed by atoms with Gasteiger partial charge < -0.3 is 0 Å².